The maximum absolute atomic E-state index is 6.48. The minimum absolute atomic E-state index is 0.492. The number of likely N-dealkylation sites (N-methyl/N-ethyl adjacent to an activating group) is 1. The van der Waals surface area contributed by atoms with Crippen molar-refractivity contribution in [3.8, 4) is 5.69 Å². The molecule has 0 spiro atoms. The first-order chi connectivity index (χ1) is 12.1. The van der Waals surface area contributed by atoms with Crippen molar-refractivity contribution >= 4 is 29.0 Å². The molecule has 2 aromatic rings. The van der Waals surface area contributed by atoms with E-state index < -0.39 is 0 Å². The Morgan fingerprint density at radius 1 is 1.20 bits per heavy atom. The van der Waals surface area contributed by atoms with E-state index in [-0.39, 0.29) is 0 Å². The fourth-order valence-corrected chi connectivity index (χ4v) is 4.43. The smallest absolute Gasteiger partial charge is 0.133 e. The van der Waals surface area contributed by atoms with E-state index in [2.05, 4.69) is 17.3 Å². The van der Waals surface area contributed by atoms with Gasteiger partial charge in [0.1, 0.15) is 5.82 Å². The van der Waals surface area contributed by atoms with Gasteiger partial charge in [0.2, 0.25) is 0 Å². The van der Waals surface area contributed by atoms with Gasteiger partial charge in [-0.2, -0.15) is 5.10 Å². The third kappa shape index (κ3) is 3.40. The van der Waals surface area contributed by atoms with Crippen LogP contribution in [0, 0.1) is 0 Å². The van der Waals surface area contributed by atoms with Crippen LogP contribution in [0.25, 0.3) is 5.69 Å². The van der Waals surface area contributed by atoms with Gasteiger partial charge in [-0.1, -0.05) is 23.2 Å². The fourth-order valence-electron chi connectivity index (χ4n) is 4.07. The van der Waals surface area contributed by atoms with Crippen molar-refractivity contribution in [2.24, 2.45) is 0 Å². The van der Waals surface area contributed by atoms with Crippen molar-refractivity contribution in [2.45, 2.75) is 38.0 Å². The summed E-state index contributed by atoms with van der Waals surface area (Å²) in [7, 11) is 2.20. The van der Waals surface area contributed by atoms with E-state index in [1.165, 1.54) is 43.5 Å². The van der Waals surface area contributed by atoms with E-state index in [0.29, 0.717) is 16.0 Å². The van der Waals surface area contributed by atoms with Gasteiger partial charge >= 0.3 is 0 Å². The average molecular weight is 379 g/mol. The van der Waals surface area contributed by atoms with Crippen LogP contribution < -0.4 is 5.32 Å². The van der Waals surface area contributed by atoms with Crippen molar-refractivity contribution in [1.82, 2.24) is 14.7 Å². The quantitative estimate of drug-likeness (QED) is 0.819. The summed E-state index contributed by atoms with van der Waals surface area (Å²) in [5, 5.41) is 9.99. The lowest BCUT2D eigenvalue weighted by Crippen LogP contribution is -2.31. The number of nitrogens with zero attached hydrogens (tertiary/aromatic N) is 3. The van der Waals surface area contributed by atoms with Crippen LogP contribution in [0.5, 0.6) is 0 Å². The Bertz CT molecular complexity index is 771. The molecular weight excluding hydrogens is 355 g/mol. The van der Waals surface area contributed by atoms with Crippen LogP contribution in [0.1, 0.15) is 42.9 Å². The van der Waals surface area contributed by atoms with E-state index in [0.717, 1.165) is 31.0 Å². The number of piperidine rings is 1. The molecule has 3 heterocycles. The molecule has 25 heavy (non-hydrogen) atoms. The lowest BCUT2D eigenvalue weighted by Gasteiger charge is -2.29. The van der Waals surface area contributed by atoms with E-state index in [1.807, 2.05) is 22.9 Å². The molecule has 2 aliphatic heterocycles. The predicted molar refractivity (Wildman–Crippen MR) is 104 cm³/mol. The minimum atomic E-state index is 0.492. The molecule has 0 aliphatic carbocycles. The normalized spacial score (nSPS) is 21.5. The first-order valence-corrected chi connectivity index (χ1v) is 9.88. The van der Waals surface area contributed by atoms with E-state index >= 15 is 0 Å². The maximum Gasteiger partial charge on any atom is 0.133 e. The monoisotopic (exact) mass is 378 g/mol. The standard InChI is InChI=1S/C19H24Cl2N4/c1-24-10-4-5-13(12-24)18-15-6-2-3-9-22-19(15)25(23-18)17-11-14(20)7-8-16(17)21/h7-8,11,13,22H,2-6,9-10,12H2,1H3. The zero-order valence-corrected chi connectivity index (χ0v) is 16.1. The predicted octanol–water partition coefficient (Wildman–Crippen LogP) is 4.74. The van der Waals surface area contributed by atoms with Crippen molar-refractivity contribution in [3.05, 3.63) is 39.5 Å². The van der Waals surface area contributed by atoms with Crippen LogP contribution in [0.4, 0.5) is 5.82 Å². The zero-order chi connectivity index (χ0) is 17.4. The summed E-state index contributed by atoms with van der Waals surface area (Å²) in [6.45, 7) is 3.23. The highest BCUT2D eigenvalue weighted by molar-refractivity contribution is 6.34. The largest absolute Gasteiger partial charge is 0.370 e. The molecule has 2 aliphatic rings. The molecule has 1 unspecified atom stereocenters. The van der Waals surface area contributed by atoms with Crippen LogP contribution in [-0.4, -0.2) is 41.4 Å². The molecule has 0 radical (unpaired) electrons. The Hall–Kier alpha value is -1.23. The number of hydrogen-bond acceptors (Lipinski definition) is 3. The average Bonchev–Trinajstić information content (AvgIpc) is 2.78. The van der Waals surface area contributed by atoms with Gasteiger partial charge in [0.05, 0.1) is 16.4 Å². The minimum Gasteiger partial charge on any atom is -0.370 e. The molecule has 1 aromatic heterocycles. The van der Waals surface area contributed by atoms with Crippen LogP contribution in [0.3, 0.4) is 0 Å². The number of nitrogens with one attached hydrogen (secondary N) is 1. The number of benzene rings is 1. The van der Waals surface area contributed by atoms with Gasteiger partial charge in [0.15, 0.2) is 0 Å². The summed E-state index contributed by atoms with van der Waals surface area (Å²) in [6, 6.07) is 5.57. The molecule has 1 N–H and O–H groups in total. The number of halogens is 2. The molecule has 1 atom stereocenters. The second-order valence-corrected chi connectivity index (χ2v) is 8.05. The van der Waals surface area contributed by atoms with Crippen LogP contribution >= 0.6 is 23.2 Å². The SMILES string of the molecule is CN1CCCC(c2nn(-c3cc(Cl)ccc3Cl)c3c2CCCCN3)C1. The van der Waals surface area contributed by atoms with Crippen LogP contribution in [0.15, 0.2) is 18.2 Å². The Balaban J connectivity index is 1.83. The Morgan fingerprint density at radius 3 is 2.92 bits per heavy atom. The molecule has 4 nitrogen and oxygen atoms in total. The summed E-state index contributed by atoms with van der Waals surface area (Å²) < 4.78 is 1.98. The fraction of sp³-hybridized carbons (Fsp3) is 0.526. The van der Waals surface area contributed by atoms with Gasteiger partial charge in [-0.15, -0.1) is 0 Å². The molecule has 0 saturated carbocycles. The highest BCUT2D eigenvalue weighted by Crippen LogP contribution is 2.37. The number of likely N-dealkylation sites (tertiary alicyclic amines) is 1. The van der Waals surface area contributed by atoms with Crippen molar-refractivity contribution < 1.29 is 0 Å². The van der Waals surface area contributed by atoms with E-state index in [9.17, 15) is 0 Å². The highest BCUT2D eigenvalue weighted by Gasteiger charge is 2.29. The van der Waals surface area contributed by atoms with Gasteiger partial charge in [0.25, 0.3) is 0 Å². The van der Waals surface area contributed by atoms with Crippen molar-refractivity contribution in [1.29, 1.82) is 0 Å². The van der Waals surface area contributed by atoms with E-state index in [1.54, 1.807) is 0 Å². The van der Waals surface area contributed by atoms with Gasteiger partial charge in [-0.05, 0) is 63.9 Å². The second kappa shape index (κ2) is 7.18. The molecule has 1 aromatic carbocycles. The Labute approximate surface area is 159 Å². The lowest BCUT2D eigenvalue weighted by molar-refractivity contribution is 0.247. The number of fused-ring (bicyclic) bond motifs is 1. The third-order valence-electron chi connectivity index (χ3n) is 5.31. The molecule has 6 heteroatoms. The van der Waals surface area contributed by atoms with Gasteiger partial charge in [0, 0.05) is 29.6 Å². The number of aromatic nitrogens is 2. The van der Waals surface area contributed by atoms with Gasteiger partial charge in [-0.25, -0.2) is 4.68 Å². The molecule has 0 amide bonds. The third-order valence-corrected chi connectivity index (χ3v) is 5.86. The maximum atomic E-state index is 6.48. The summed E-state index contributed by atoms with van der Waals surface area (Å²) in [4.78, 5) is 2.41. The summed E-state index contributed by atoms with van der Waals surface area (Å²) in [6.07, 6.45) is 5.90. The van der Waals surface area contributed by atoms with Crippen LogP contribution in [0.2, 0.25) is 10.0 Å². The number of anilines is 1. The molecular formula is C19H24Cl2N4. The van der Waals surface area contributed by atoms with Crippen molar-refractivity contribution in [3.63, 3.8) is 0 Å². The van der Waals surface area contributed by atoms with Gasteiger partial charge < -0.3 is 10.2 Å². The molecule has 0 bridgehead atoms. The second-order valence-electron chi connectivity index (χ2n) is 7.21. The highest BCUT2D eigenvalue weighted by atomic mass is 35.5. The molecule has 1 fully saturated rings. The van der Waals surface area contributed by atoms with Gasteiger partial charge in [-0.3, -0.25) is 0 Å². The first-order valence-electron chi connectivity index (χ1n) is 9.13. The Kier molecular flexibility index (Phi) is 4.94. The van der Waals surface area contributed by atoms with Crippen LogP contribution in [-0.2, 0) is 6.42 Å². The molecule has 1 saturated heterocycles. The lowest BCUT2D eigenvalue weighted by atomic mass is 9.91. The topological polar surface area (TPSA) is 33.1 Å². The Morgan fingerprint density at radius 2 is 2.08 bits per heavy atom. The summed E-state index contributed by atoms with van der Waals surface area (Å²) in [5.41, 5.74) is 3.47. The summed E-state index contributed by atoms with van der Waals surface area (Å²) in [5.74, 6) is 1.59. The van der Waals surface area contributed by atoms with E-state index in [4.69, 9.17) is 28.3 Å². The number of rotatable bonds is 2. The molecule has 4 rings (SSSR count). The van der Waals surface area contributed by atoms with Crippen molar-refractivity contribution in [2.75, 3.05) is 32.0 Å². The molecule has 134 valence electrons. The first kappa shape index (κ1) is 17.2. The summed E-state index contributed by atoms with van der Waals surface area (Å²) >= 11 is 12.7. The number of hydrogen-bond donors (Lipinski definition) is 1. The zero-order valence-electron chi connectivity index (χ0n) is 14.6.